The van der Waals surface area contributed by atoms with Crippen LogP contribution in [-0.2, 0) is 20.8 Å². The Kier molecular flexibility index (Phi) is 3.99. The highest BCUT2D eigenvalue weighted by Gasteiger charge is 2.44. The van der Waals surface area contributed by atoms with E-state index in [1.807, 2.05) is 12.1 Å². The van der Waals surface area contributed by atoms with Gasteiger partial charge in [-0.2, -0.15) is 0 Å². The number of aryl methyl sites for hydroxylation is 1. The van der Waals surface area contributed by atoms with Gasteiger partial charge in [0.25, 0.3) is 0 Å². The van der Waals surface area contributed by atoms with E-state index in [9.17, 15) is 14.4 Å². The van der Waals surface area contributed by atoms with E-state index in [2.05, 4.69) is 5.32 Å². The lowest BCUT2D eigenvalue weighted by atomic mass is 10.1. The lowest BCUT2D eigenvalue weighted by Crippen LogP contribution is -2.46. The molecule has 0 spiro atoms. The van der Waals surface area contributed by atoms with Crippen molar-refractivity contribution in [2.75, 3.05) is 0 Å². The van der Waals surface area contributed by atoms with Crippen molar-refractivity contribution in [2.24, 2.45) is 0 Å². The molecule has 1 N–H and O–H groups in total. The van der Waals surface area contributed by atoms with Crippen molar-refractivity contribution in [1.29, 1.82) is 0 Å². The van der Waals surface area contributed by atoms with Crippen LogP contribution in [-0.4, -0.2) is 34.7 Å². The third-order valence-electron chi connectivity index (χ3n) is 3.72. The molecule has 0 aromatic carbocycles. The zero-order valence-electron chi connectivity index (χ0n) is 11.3. The summed E-state index contributed by atoms with van der Waals surface area (Å²) in [7, 11) is 0. The van der Waals surface area contributed by atoms with Crippen molar-refractivity contribution >= 4 is 40.7 Å². The first-order valence-electron chi connectivity index (χ1n) is 6.93. The van der Waals surface area contributed by atoms with E-state index in [0.29, 0.717) is 17.2 Å². The third-order valence-corrected chi connectivity index (χ3v) is 5.01. The molecule has 1 saturated heterocycles. The van der Waals surface area contributed by atoms with Gasteiger partial charge < -0.3 is 4.90 Å². The normalized spacial score (nSPS) is 21.5. The van der Waals surface area contributed by atoms with Gasteiger partial charge in [-0.3, -0.25) is 19.7 Å². The molecule has 21 heavy (non-hydrogen) atoms. The topological polar surface area (TPSA) is 66.5 Å². The second-order valence-electron chi connectivity index (χ2n) is 5.37. The number of rotatable bonds is 5. The van der Waals surface area contributed by atoms with E-state index < -0.39 is 6.04 Å². The van der Waals surface area contributed by atoms with Crippen LogP contribution in [0.3, 0.4) is 0 Å². The Morgan fingerprint density at radius 3 is 2.67 bits per heavy atom. The van der Waals surface area contributed by atoms with Gasteiger partial charge in [0.2, 0.25) is 17.7 Å². The number of imide groups is 1. The van der Waals surface area contributed by atoms with Crippen molar-refractivity contribution < 1.29 is 14.4 Å². The highest BCUT2D eigenvalue weighted by Crippen LogP contribution is 2.32. The molecule has 3 rings (SSSR count). The summed E-state index contributed by atoms with van der Waals surface area (Å²) in [5, 5.41) is 2.27. The lowest BCUT2D eigenvalue weighted by Gasteiger charge is -2.26. The number of nitrogens with zero attached hydrogens (tertiary/aromatic N) is 1. The molecule has 1 aromatic heterocycles. The summed E-state index contributed by atoms with van der Waals surface area (Å²) < 4.78 is 0.706. The Bertz CT molecular complexity index is 597. The van der Waals surface area contributed by atoms with Gasteiger partial charge in [0.15, 0.2) is 0 Å². The van der Waals surface area contributed by atoms with Crippen LogP contribution in [0.25, 0.3) is 0 Å². The zero-order valence-corrected chi connectivity index (χ0v) is 12.9. The molecule has 7 heteroatoms. The molecule has 2 aliphatic rings. The van der Waals surface area contributed by atoms with Gasteiger partial charge >= 0.3 is 0 Å². The predicted octanol–water partition coefficient (Wildman–Crippen LogP) is 1.74. The van der Waals surface area contributed by atoms with Gasteiger partial charge in [0.05, 0.1) is 10.8 Å². The molecule has 3 amide bonds. The number of nitrogens with one attached hydrogen (secondary N) is 1. The fraction of sp³-hybridized carbons (Fsp3) is 0.500. The summed E-state index contributed by atoms with van der Waals surface area (Å²) in [6, 6.07) is 3.22. The highest BCUT2D eigenvalue weighted by atomic mass is 35.5. The van der Waals surface area contributed by atoms with Crippen LogP contribution in [0.4, 0.5) is 0 Å². The second-order valence-corrected chi connectivity index (χ2v) is 7.17. The lowest BCUT2D eigenvalue weighted by molar-refractivity contribution is -0.139. The number of halogens is 1. The maximum absolute atomic E-state index is 12.5. The minimum absolute atomic E-state index is 0.0585. The molecule has 112 valence electrons. The third kappa shape index (κ3) is 3.27. The summed E-state index contributed by atoms with van der Waals surface area (Å²) in [6.07, 6.45) is 2.86. The molecule has 2 heterocycles. The fourth-order valence-electron chi connectivity index (χ4n) is 2.59. The molecule has 1 atom stereocenters. The molecule has 1 aliphatic carbocycles. The Morgan fingerprint density at radius 2 is 2.14 bits per heavy atom. The zero-order chi connectivity index (χ0) is 15.0. The number of hydrogen-bond acceptors (Lipinski definition) is 4. The average molecular weight is 327 g/mol. The minimum atomic E-state index is -0.621. The van der Waals surface area contributed by atoms with Crippen molar-refractivity contribution in [3.63, 3.8) is 0 Å². The maximum atomic E-state index is 12.5. The van der Waals surface area contributed by atoms with Gasteiger partial charge in [-0.1, -0.05) is 11.6 Å². The Balaban J connectivity index is 1.65. The number of amides is 3. The molecule has 1 saturated carbocycles. The van der Waals surface area contributed by atoms with E-state index in [-0.39, 0.29) is 30.2 Å². The molecule has 0 bridgehead atoms. The standard InChI is InChI=1S/C14H15ClN2O3S/c15-11-5-3-9(21-11)4-6-13(19)17(8-1-2-8)10-7-12(18)16-14(10)20/h3,5,8,10H,1-2,4,6-7H2,(H,16,18,20)/t10-/m1/s1. The SMILES string of the molecule is O=C1C[C@@H](N(C(=O)CCc2ccc(Cl)s2)C2CC2)C(=O)N1. The number of thiophene rings is 1. The van der Waals surface area contributed by atoms with E-state index in [1.165, 1.54) is 11.3 Å². The van der Waals surface area contributed by atoms with Gasteiger partial charge in [-0.15, -0.1) is 11.3 Å². The summed E-state index contributed by atoms with van der Waals surface area (Å²) in [5.74, 6) is -0.704. The monoisotopic (exact) mass is 326 g/mol. The average Bonchev–Trinajstić information content (AvgIpc) is 3.08. The number of hydrogen-bond donors (Lipinski definition) is 1. The highest BCUT2D eigenvalue weighted by molar-refractivity contribution is 7.16. The molecular formula is C14H15ClN2O3S. The summed E-state index contributed by atoms with van der Waals surface area (Å²) >= 11 is 7.33. The quantitative estimate of drug-likeness (QED) is 0.838. The molecule has 5 nitrogen and oxygen atoms in total. The van der Waals surface area contributed by atoms with Gasteiger partial charge in [0, 0.05) is 17.3 Å². The first-order chi connectivity index (χ1) is 10.0. The van der Waals surface area contributed by atoms with Gasteiger partial charge in [-0.05, 0) is 31.4 Å². The molecule has 0 unspecified atom stereocenters. The smallest absolute Gasteiger partial charge is 0.249 e. The fourth-order valence-corrected chi connectivity index (χ4v) is 3.68. The van der Waals surface area contributed by atoms with Gasteiger partial charge in [0.1, 0.15) is 6.04 Å². The minimum Gasteiger partial charge on any atom is -0.327 e. The van der Waals surface area contributed by atoms with Crippen LogP contribution in [0.2, 0.25) is 4.34 Å². The van der Waals surface area contributed by atoms with Crippen molar-refractivity contribution in [2.45, 2.75) is 44.2 Å². The molecule has 2 fully saturated rings. The first-order valence-corrected chi connectivity index (χ1v) is 8.13. The van der Waals surface area contributed by atoms with E-state index in [4.69, 9.17) is 11.6 Å². The van der Waals surface area contributed by atoms with Crippen LogP contribution in [0.1, 0.15) is 30.6 Å². The number of carbonyl (C=O) groups excluding carboxylic acids is 3. The maximum Gasteiger partial charge on any atom is 0.249 e. The molecule has 1 aliphatic heterocycles. The second kappa shape index (κ2) is 5.77. The van der Waals surface area contributed by atoms with Crippen molar-refractivity contribution in [3.8, 4) is 0 Å². The number of carbonyl (C=O) groups is 3. The summed E-state index contributed by atoms with van der Waals surface area (Å²) in [6.45, 7) is 0. The van der Waals surface area contributed by atoms with Crippen molar-refractivity contribution in [3.05, 3.63) is 21.3 Å². The molecule has 0 radical (unpaired) electrons. The van der Waals surface area contributed by atoms with Crippen LogP contribution < -0.4 is 5.32 Å². The van der Waals surface area contributed by atoms with Crippen LogP contribution >= 0.6 is 22.9 Å². The summed E-state index contributed by atoms with van der Waals surface area (Å²) in [4.78, 5) is 38.3. The summed E-state index contributed by atoms with van der Waals surface area (Å²) in [5.41, 5.74) is 0. The van der Waals surface area contributed by atoms with Crippen molar-refractivity contribution in [1.82, 2.24) is 10.2 Å². The van der Waals surface area contributed by atoms with Crippen LogP contribution in [0, 0.1) is 0 Å². The van der Waals surface area contributed by atoms with E-state index in [1.54, 1.807) is 4.90 Å². The first kappa shape index (κ1) is 14.5. The van der Waals surface area contributed by atoms with Crippen LogP contribution in [0.5, 0.6) is 0 Å². The van der Waals surface area contributed by atoms with Gasteiger partial charge in [-0.25, -0.2) is 0 Å². The largest absolute Gasteiger partial charge is 0.327 e. The molecule has 1 aromatic rings. The Morgan fingerprint density at radius 1 is 1.38 bits per heavy atom. The predicted molar refractivity (Wildman–Crippen MR) is 79.1 cm³/mol. The van der Waals surface area contributed by atoms with E-state index >= 15 is 0 Å². The molecular weight excluding hydrogens is 312 g/mol. The van der Waals surface area contributed by atoms with Crippen LogP contribution in [0.15, 0.2) is 12.1 Å². The Hall–Kier alpha value is -1.40. The van der Waals surface area contributed by atoms with E-state index in [0.717, 1.165) is 17.7 Å². The Labute approximate surface area is 131 Å².